The predicted molar refractivity (Wildman–Crippen MR) is 47.0 cm³/mol. The zero-order valence-electron chi connectivity index (χ0n) is 7.56. The van der Waals surface area contributed by atoms with Gasteiger partial charge in [-0.2, -0.15) is 0 Å². The normalized spacial score (nSPS) is 14.1. The summed E-state index contributed by atoms with van der Waals surface area (Å²) in [6.07, 6.45) is 4.89. The third kappa shape index (κ3) is 6.09. The van der Waals surface area contributed by atoms with Gasteiger partial charge in [0.1, 0.15) is 0 Å². The molecule has 1 heteroatoms. The Morgan fingerprint density at radius 3 is 2.10 bits per heavy atom. The summed E-state index contributed by atoms with van der Waals surface area (Å²) in [7, 11) is 0. The summed E-state index contributed by atoms with van der Waals surface area (Å²) in [5.74, 6) is 0.808. The lowest BCUT2D eigenvalue weighted by molar-refractivity contribution is 0.475. The first-order valence-corrected chi connectivity index (χ1v) is 4.42. The Bertz CT molecular complexity index is 69.1. The van der Waals surface area contributed by atoms with Crippen LogP contribution in [-0.4, -0.2) is 6.04 Å². The van der Waals surface area contributed by atoms with Gasteiger partial charge in [-0.05, 0) is 25.2 Å². The van der Waals surface area contributed by atoms with E-state index >= 15 is 0 Å². The summed E-state index contributed by atoms with van der Waals surface area (Å²) in [4.78, 5) is 0. The molecule has 2 N–H and O–H groups in total. The largest absolute Gasteiger partial charge is 0.328 e. The Balaban J connectivity index is 3.12. The van der Waals surface area contributed by atoms with Crippen LogP contribution in [0.15, 0.2) is 0 Å². The van der Waals surface area contributed by atoms with Gasteiger partial charge in [-0.15, -0.1) is 0 Å². The van der Waals surface area contributed by atoms with Crippen LogP contribution in [0.4, 0.5) is 0 Å². The van der Waals surface area contributed by atoms with Gasteiger partial charge in [0.25, 0.3) is 0 Å². The fourth-order valence-electron chi connectivity index (χ4n) is 1.06. The smallest absolute Gasteiger partial charge is 0.00388 e. The second kappa shape index (κ2) is 5.72. The van der Waals surface area contributed by atoms with E-state index in [0.29, 0.717) is 6.04 Å². The summed E-state index contributed by atoms with van der Waals surface area (Å²) >= 11 is 0. The first kappa shape index (κ1) is 9.96. The summed E-state index contributed by atoms with van der Waals surface area (Å²) < 4.78 is 0. The molecule has 0 rings (SSSR count). The Hall–Kier alpha value is -0.0400. The van der Waals surface area contributed by atoms with Crippen molar-refractivity contribution in [2.24, 2.45) is 11.7 Å². The third-order valence-electron chi connectivity index (χ3n) is 1.77. The molecule has 10 heavy (non-hydrogen) atoms. The first-order valence-electron chi connectivity index (χ1n) is 4.42. The Labute approximate surface area is 65.0 Å². The van der Waals surface area contributed by atoms with E-state index in [-0.39, 0.29) is 0 Å². The second-order valence-electron chi connectivity index (χ2n) is 3.52. The highest BCUT2D eigenvalue weighted by molar-refractivity contribution is 4.60. The summed E-state index contributed by atoms with van der Waals surface area (Å²) in [6, 6.07) is 0.451. The van der Waals surface area contributed by atoms with Gasteiger partial charge < -0.3 is 5.73 Å². The molecule has 0 fully saturated rings. The molecule has 0 aliphatic rings. The fraction of sp³-hybridized carbons (Fsp3) is 1.00. The molecule has 0 unspecified atom stereocenters. The van der Waals surface area contributed by atoms with Crippen molar-refractivity contribution in [2.75, 3.05) is 0 Å². The number of hydrogen-bond donors (Lipinski definition) is 1. The van der Waals surface area contributed by atoms with Gasteiger partial charge in [-0.25, -0.2) is 0 Å². The highest BCUT2D eigenvalue weighted by Gasteiger charge is 2.01. The average Bonchev–Trinajstić information content (AvgIpc) is 1.85. The second-order valence-corrected chi connectivity index (χ2v) is 3.52. The quantitative estimate of drug-likeness (QED) is 0.629. The molecule has 0 bridgehead atoms. The molecule has 0 aromatic heterocycles. The van der Waals surface area contributed by atoms with Gasteiger partial charge in [0.2, 0.25) is 0 Å². The molecule has 0 aliphatic carbocycles. The van der Waals surface area contributed by atoms with Crippen LogP contribution in [0.1, 0.15) is 46.5 Å². The van der Waals surface area contributed by atoms with Crippen LogP contribution in [0.2, 0.25) is 0 Å². The van der Waals surface area contributed by atoms with Crippen molar-refractivity contribution in [2.45, 2.75) is 52.5 Å². The SMILES string of the molecule is CCC[C@@H](N)CCC(C)C. The van der Waals surface area contributed by atoms with Crippen LogP contribution in [0.25, 0.3) is 0 Å². The van der Waals surface area contributed by atoms with Crippen molar-refractivity contribution in [3.63, 3.8) is 0 Å². The molecule has 0 aromatic carbocycles. The lowest BCUT2D eigenvalue weighted by Crippen LogP contribution is -2.19. The van der Waals surface area contributed by atoms with Crippen molar-refractivity contribution < 1.29 is 0 Å². The highest BCUT2D eigenvalue weighted by Crippen LogP contribution is 2.08. The number of nitrogens with two attached hydrogens (primary N) is 1. The maximum atomic E-state index is 5.83. The van der Waals surface area contributed by atoms with Gasteiger partial charge in [0, 0.05) is 6.04 Å². The fourth-order valence-corrected chi connectivity index (χ4v) is 1.06. The molecule has 0 aliphatic heterocycles. The van der Waals surface area contributed by atoms with Crippen LogP contribution in [0, 0.1) is 5.92 Å². The molecule has 0 saturated carbocycles. The molecule has 0 saturated heterocycles. The zero-order chi connectivity index (χ0) is 7.98. The van der Waals surface area contributed by atoms with Crippen LogP contribution < -0.4 is 5.73 Å². The van der Waals surface area contributed by atoms with Crippen LogP contribution in [0.3, 0.4) is 0 Å². The number of hydrogen-bond acceptors (Lipinski definition) is 1. The van der Waals surface area contributed by atoms with Crippen molar-refractivity contribution in [1.82, 2.24) is 0 Å². The minimum atomic E-state index is 0.451. The van der Waals surface area contributed by atoms with Crippen LogP contribution >= 0.6 is 0 Å². The van der Waals surface area contributed by atoms with E-state index < -0.39 is 0 Å². The minimum absolute atomic E-state index is 0.451. The van der Waals surface area contributed by atoms with Crippen molar-refractivity contribution in [3.05, 3.63) is 0 Å². The molecular weight excluding hydrogens is 122 g/mol. The van der Waals surface area contributed by atoms with E-state index in [4.69, 9.17) is 5.73 Å². The lowest BCUT2D eigenvalue weighted by atomic mass is 10.0. The summed E-state index contributed by atoms with van der Waals surface area (Å²) in [6.45, 7) is 6.69. The molecule has 0 spiro atoms. The van der Waals surface area contributed by atoms with Crippen molar-refractivity contribution >= 4 is 0 Å². The molecule has 1 nitrogen and oxygen atoms in total. The predicted octanol–water partition coefficient (Wildman–Crippen LogP) is 2.55. The van der Waals surface area contributed by atoms with Crippen molar-refractivity contribution in [3.8, 4) is 0 Å². The Morgan fingerprint density at radius 2 is 1.70 bits per heavy atom. The lowest BCUT2D eigenvalue weighted by Gasteiger charge is -2.10. The maximum Gasteiger partial charge on any atom is 0.00388 e. The minimum Gasteiger partial charge on any atom is -0.328 e. The van der Waals surface area contributed by atoms with E-state index in [1.807, 2.05) is 0 Å². The van der Waals surface area contributed by atoms with E-state index in [9.17, 15) is 0 Å². The molecule has 0 radical (unpaired) electrons. The zero-order valence-corrected chi connectivity index (χ0v) is 7.56. The number of rotatable bonds is 5. The first-order chi connectivity index (χ1) is 4.66. The summed E-state index contributed by atoms with van der Waals surface area (Å²) in [5, 5.41) is 0. The van der Waals surface area contributed by atoms with E-state index in [1.54, 1.807) is 0 Å². The van der Waals surface area contributed by atoms with Gasteiger partial charge >= 0.3 is 0 Å². The topological polar surface area (TPSA) is 26.0 Å². The van der Waals surface area contributed by atoms with Gasteiger partial charge in [-0.3, -0.25) is 0 Å². The van der Waals surface area contributed by atoms with Gasteiger partial charge in [0.15, 0.2) is 0 Å². The molecule has 0 amide bonds. The average molecular weight is 143 g/mol. The molecule has 62 valence electrons. The monoisotopic (exact) mass is 143 g/mol. The van der Waals surface area contributed by atoms with E-state index in [1.165, 1.54) is 25.7 Å². The third-order valence-corrected chi connectivity index (χ3v) is 1.77. The van der Waals surface area contributed by atoms with Crippen LogP contribution in [-0.2, 0) is 0 Å². The molecule has 1 atom stereocenters. The highest BCUT2D eigenvalue weighted by atomic mass is 14.6. The van der Waals surface area contributed by atoms with Gasteiger partial charge in [0.05, 0.1) is 0 Å². The van der Waals surface area contributed by atoms with E-state index in [0.717, 1.165) is 5.92 Å². The van der Waals surface area contributed by atoms with Crippen LogP contribution in [0.5, 0.6) is 0 Å². The molecular formula is C9H21N. The summed E-state index contributed by atoms with van der Waals surface area (Å²) in [5.41, 5.74) is 5.83. The molecule has 0 aromatic rings. The Morgan fingerprint density at radius 1 is 1.10 bits per heavy atom. The Kier molecular flexibility index (Phi) is 5.70. The van der Waals surface area contributed by atoms with E-state index in [2.05, 4.69) is 20.8 Å². The van der Waals surface area contributed by atoms with Crippen molar-refractivity contribution in [1.29, 1.82) is 0 Å². The van der Waals surface area contributed by atoms with Gasteiger partial charge in [-0.1, -0.05) is 27.2 Å². The maximum absolute atomic E-state index is 5.83. The molecule has 0 heterocycles. The standard InChI is InChI=1S/C9H21N/c1-4-5-9(10)7-6-8(2)3/h8-9H,4-7,10H2,1-3H3/t9-/m1/s1.